The third-order valence-corrected chi connectivity index (χ3v) is 5.41. The number of rotatable bonds is 8. The van der Waals surface area contributed by atoms with Gasteiger partial charge < -0.3 is 9.80 Å². The topological polar surface area (TPSA) is 40.6 Å². The fourth-order valence-corrected chi connectivity index (χ4v) is 3.74. The summed E-state index contributed by atoms with van der Waals surface area (Å²) in [6.45, 7) is 13.7. The van der Waals surface area contributed by atoms with Gasteiger partial charge in [0.15, 0.2) is 0 Å². The van der Waals surface area contributed by atoms with Crippen molar-refractivity contribution in [3.8, 4) is 0 Å². The van der Waals surface area contributed by atoms with Crippen LogP contribution in [0.15, 0.2) is 9.52 Å². The van der Waals surface area contributed by atoms with Crippen LogP contribution in [0.4, 0.5) is 9.59 Å². The average Bonchev–Trinajstić information content (AvgIpc) is 2.52. The van der Waals surface area contributed by atoms with E-state index in [-0.39, 0.29) is 27.1 Å². The summed E-state index contributed by atoms with van der Waals surface area (Å²) in [6, 6.07) is 0.323. The van der Waals surface area contributed by atoms with Crippen molar-refractivity contribution in [3.05, 3.63) is 9.52 Å². The zero-order valence-corrected chi connectivity index (χ0v) is 20.4. The van der Waals surface area contributed by atoms with E-state index in [4.69, 9.17) is 34.8 Å². The lowest BCUT2D eigenvalue weighted by molar-refractivity contribution is 0.190. The Morgan fingerprint density at radius 3 is 1.65 bits per heavy atom. The van der Waals surface area contributed by atoms with Crippen LogP contribution < -0.4 is 0 Å². The second-order valence-corrected chi connectivity index (χ2v) is 8.80. The summed E-state index contributed by atoms with van der Waals surface area (Å²) < 4.78 is 0.0163. The van der Waals surface area contributed by atoms with Crippen LogP contribution in [0.2, 0.25) is 0 Å². The SMILES string of the molecule is CC(C)N(C(=O)SCC(Cl)=C(Cl)Cl)C(C)C.CCCN(CCC)C(=O)S. The van der Waals surface area contributed by atoms with E-state index in [0.29, 0.717) is 10.8 Å². The number of nitrogens with zero attached hydrogens (tertiary/aromatic N) is 2. The normalized spacial score (nSPS) is 10.3. The van der Waals surface area contributed by atoms with Crippen LogP contribution in [0.3, 0.4) is 0 Å². The van der Waals surface area contributed by atoms with Crippen LogP contribution in [-0.4, -0.2) is 51.2 Å². The number of amides is 2. The predicted octanol–water partition coefficient (Wildman–Crippen LogP) is 7.00. The third kappa shape index (κ3) is 13.4. The molecule has 2 amide bonds. The van der Waals surface area contributed by atoms with Gasteiger partial charge in [0, 0.05) is 30.9 Å². The Labute approximate surface area is 183 Å². The highest BCUT2D eigenvalue weighted by Crippen LogP contribution is 2.24. The van der Waals surface area contributed by atoms with Gasteiger partial charge in [-0.05, 0) is 40.5 Å². The zero-order valence-electron chi connectivity index (χ0n) is 16.4. The smallest absolute Gasteiger partial charge is 0.282 e. The fourth-order valence-electron chi connectivity index (χ4n) is 2.12. The van der Waals surface area contributed by atoms with E-state index in [1.165, 1.54) is 0 Å². The van der Waals surface area contributed by atoms with Crippen LogP contribution in [-0.2, 0) is 0 Å². The number of halogens is 3. The fraction of sp³-hybridized carbons (Fsp3) is 0.765. The first-order valence-electron chi connectivity index (χ1n) is 8.61. The van der Waals surface area contributed by atoms with Crippen molar-refractivity contribution in [2.24, 2.45) is 0 Å². The van der Waals surface area contributed by atoms with Crippen molar-refractivity contribution in [1.82, 2.24) is 9.80 Å². The molecule has 26 heavy (non-hydrogen) atoms. The predicted molar refractivity (Wildman–Crippen MR) is 121 cm³/mol. The molecule has 4 nitrogen and oxygen atoms in total. The highest BCUT2D eigenvalue weighted by Gasteiger charge is 2.20. The molecule has 9 heteroatoms. The highest BCUT2D eigenvalue weighted by molar-refractivity contribution is 8.13. The Balaban J connectivity index is 0. The second-order valence-electron chi connectivity index (χ2n) is 6.08. The maximum atomic E-state index is 11.9. The minimum atomic E-state index is -0.108. The molecule has 0 aromatic rings. The summed E-state index contributed by atoms with van der Waals surface area (Å²) in [4.78, 5) is 26.1. The van der Waals surface area contributed by atoms with E-state index in [1.54, 1.807) is 9.80 Å². The quantitative estimate of drug-likeness (QED) is 0.392. The van der Waals surface area contributed by atoms with Gasteiger partial charge in [-0.2, -0.15) is 0 Å². The molecule has 0 fully saturated rings. The van der Waals surface area contributed by atoms with Gasteiger partial charge in [0.2, 0.25) is 0 Å². The summed E-state index contributed by atoms with van der Waals surface area (Å²) in [5.74, 6) is 0.304. The molecule has 0 N–H and O–H groups in total. The number of carbonyl (C=O) groups excluding carboxylic acids is 2. The zero-order chi connectivity index (χ0) is 20.9. The molecule has 154 valence electrons. The van der Waals surface area contributed by atoms with Crippen molar-refractivity contribution >= 4 is 69.7 Å². The number of hydrogen-bond donors (Lipinski definition) is 1. The van der Waals surface area contributed by atoms with Gasteiger partial charge in [0.1, 0.15) is 4.49 Å². The number of hydrogen-bond acceptors (Lipinski definition) is 3. The lowest BCUT2D eigenvalue weighted by Gasteiger charge is -2.30. The molecule has 0 rings (SSSR count). The monoisotopic (exact) mass is 464 g/mol. The lowest BCUT2D eigenvalue weighted by atomic mass is 10.2. The summed E-state index contributed by atoms with van der Waals surface area (Å²) in [6.07, 6.45) is 2.01. The van der Waals surface area contributed by atoms with Crippen LogP contribution in [0.25, 0.3) is 0 Å². The first-order valence-corrected chi connectivity index (χ1v) is 11.2. The summed E-state index contributed by atoms with van der Waals surface area (Å²) in [5, 5.41) is 0.176. The van der Waals surface area contributed by atoms with Gasteiger partial charge in [-0.15, -0.1) is 0 Å². The van der Waals surface area contributed by atoms with E-state index < -0.39 is 0 Å². The van der Waals surface area contributed by atoms with E-state index in [0.717, 1.165) is 37.7 Å². The van der Waals surface area contributed by atoms with Gasteiger partial charge in [-0.25, -0.2) is 0 Å². The molecule has 0 spiro atoms. The van der Waals surface area contributed by atoms with Gasteiger partial charge >= 0.3 is 0 Å². The number of thioether (sulfide) groups is 1. The maximum absolute atomic E-state index is 11.9. The minimum absolute atomic E-state index is 0.0160. The Kier molecular flexibility index (Phi) is 17.8. The standard InChI is InChI=1S/C10H16Cl3NOS.C7H15NOS/c1-6(2)14(7(3)4)10(15)16-5-8(11)9(12)13;1-3-5-8(6-4-2)7(9)10/h6-7H,5H2,1-4H3;3-6H2,1-2H3,(H,9,10). The molecule has 0 bridgehead atoms. The average molecular weight is 466 g/mol. The van der Waals surface area contributed by atoms with Gasteiger partial charge in [-0.1, -0.05) is 73.0 Å². The molecular formula is C17H31Cl3N2O2S2. The largest absolute Gasteiger partial charge is 0.334 e. The third-order valence-electron chi connectivity index (χ3n) is 3.11. The molecule has 0 saturated carbocycles. The molecule has 0 radical (unpaired) electrons. The molecule has 0 aliphatic rings. The number of thiol groups is 1. The first kappa shape index (κ1) is 28.5. The molecular weight excluding hydrogens is 435 g/mol. The molecule has 0 heterocycles. The van der Waals surface area contributed by atoms with E-state index >= 15 is 0 Å². The van der Waals surface area contributed by atoms with Crippen molar-refractivity contribution < 1.29 is 9.59 Å². The lowest BCUT2D eigenvalue weighted by Crippen LogP contribution is -2.39. The van der Waals surface area contributed by atoms with Crippen LogP contribution in [0, 0.1) is 0 Å². The van der Waals surface area contributed by atoms with Gasteiger partial charge in [0.25, 0.3) is 10.5 Å². The maximum Gasteiger partial charge on any atom is 0.282 e. The van der Waals surface area contributed by atoms with E-state index in [9.17, 15) is 9.59 Å². The van der Waals surface area contributed by atoms with Gasteiger partial charge in [0.05, 0.1) is 5.03 Å². The second kappa shape index (κ2) is 16.2. The van der Waals surface area contributed by atoms with Crippen LogP contribution in [0.1, 0.15) is 54.4 Å². The van der Waals surface area contributed by atoms with Crippen molar-refractivity contribution in [2.45, 2.75) is 66.5 Å². The van der Waals surface area contributed by atoms with E-state index in [2.05, 4.69) is 26.5 Å². The van der Waals surface area contributed by atoms with E-state index in [1.807, 2.05) is 27.7 Å². The summed E-state index contributed by atoms with van der Waals surface area (Å²) >= 11 is 21.6. The molecule has 0 aromatic heterocycles. The highest BCUT2D eigenvalue weighted by atomic mass is 35.5. The minimum Gasteiger partial charge on any atom is -0.334 e. The van der Waals surface area contributed by atoms with Crippen molar-refractivity contribution in [2.75, 3.05) is 18.8 Å². The Morgan fingerprint density at radius 2 is 1.38 bits per heavy atom. The molecule has 0 atom stereocenters. The first-order chi connectivity index (χ1) is 12.0. The van der Waals surface area contributed by atoms with Crippen molar-refractivity contribution in [3.63, 3.8) is 0 Å². The Bertz CT molecular complexity index is 443. The molecule has 0 aliphatic heterocycles. The summed E-state index contributed by atoms with van der Waals surface area (Å²) in [5.41, 5.74) is 0. The molecule has 0 unspecified atom stereocenters. The van der Waals surface area contributed by atoms with Crippen LogP contribution in [0.5, 0.6) is 0 Å². The molecule has 0 aliphatic carbocycles. The summed E-state index contributed by atoms with van der Waals surface area (Å²) in [7, 11) is 0. The van der Waals surface area contributed by atoms with Gasteiger partial charge in [-0.3, -0.25) is 9.59 Å². The molecule has 0 aromatic carbocycles. The van der Waals surface area contributed by atoms with Crippen molar-refractivity contribution in [1.29, 1.82) is 0 Å². The Morgan fingerprint density at radius 1 is 0.962 bits per heavy atom. The van der Waals surface area contributed by atoms with Crippen LogP contribution >= 0.6 is 59.2 Å². The number of carbonyl (C=O) groups is 2. The molecule has 0 saturated heterocycles. The Hall–Kier alpha value is 0.250.